The third-order valence-corrected chi connectivity index (χ3v) is 7.14. The van der Waals surface area contributed by atoms with Gasteiger partial charge in [-0.05, 0) is 72.6 Å². The molecule has 0 saturated carbocycles. The molecule has 2 heterocycles. The lowest BCUT2D eigenvalue weighted by Crippen LogP contribution is -2.52. The van der Waals surface area contributed by atoms with Crippen molar-refractivity contribution in [3.63, 3.8) is 0 Å². The molecule has 2 N–H and O–H groups in total. The fourth-order valence-corrected chi connectivity index (χ4v) is 4.78. The van der Waals surface area contributed by atoms with E-state index in [9.17, 15) is 19.2 Å². The molecule has 176 valence electrons. The van der Waals surface area contributed by atoms with Crippen LogP contribution in [0.1, 0.15) is 46.4 Å². The smallest absolute Gasteiger partial charge is 0.262 e. The van der Waals surface area contributed by atoms with E-state index in [1.165, 1.54) is 18.3 Å². The number of piperazine rings is 1. The number of anilines is 1. The summed E-state index contributed by atoms with van der Waals surface area (Å²) in [5.41, 5.74) is 0.681. The highest BCUT2D eigenvalue weighted by Gasteiger charge is 2.31. The van der Waals surface area contributed by atoms with E-state index >= 15 is 0 Å². The van der Waals surface area contributed by atoms with Crippen molar-refractivity contribution in [3.05, 3.63) is 50.1 Å². The zero-order valence-corrected chi connectivity index (χ0v) is 21.4. The average Bonchev–Trinajstić information content (AvgIpc) is 3.19. The van der Waals surface area contributed by atoms with Gasteiger partial charge in [0, 0.05) is 44.4 Å². The van der Waals surface area contributed by atoms with Crippen molar-refractivity contribution in [3.8, 4) is 0 Å². The number of benzene rings is 1. The van der Waals surface area contributed by atoms with Crippen molar-refractivity contribution >= 4 is 56.6 Å². The second-order valence-electron chi connectivity index (χ2n) is 8.46. The third-order valence-electron chi connectivity index (χ3n) is 5.52. The summed E-state index contributed by atoms with van der Waals surface area (Å²) in [5.74, 6) is -0.776. The Labute approximate surface area is 205 Å². The van der Waals surface area contributed by atoms with E-state index < -0.39 is 5.54 Å². The number of amides is 4. The maximum atomic E-state index is 12.9. The van der Waals surface area contributed by atoms with E-state index in [0.717, 1.165) is 9.35 Å². The van der Waals surface area contributed by atoms with Crippen LogP contribution >= 0.6 is 27.3 Å². The topological polar surface area (TPSA) is 98.8 Å². The molecule has 0 aliphatic carbocycles. The monoisotopic (exact) mass is 534 g/mol. The number of halogens is 1. The van der Waals surface area contributed by atoms with Gasteiger partial charge in [-0.15, -0.1) is 11.3 Å². The lowest BCUT2D eigenvalue weighted by Gasteiger charge is -2.34. The molecule has 1 fully saturated rings. The minimum absolute atomic E-state index is 0.0146. The Bertz CT molecular complexity index is 1090. The molecular formula is C23H27BrN4O4S. The quantitative estimate of drug-likeness (QED) is 0.614. The van der Waals surface area contributed by atoms with Crippen LogP contribution in [0, 0.1) is 6.92 Å². The van der Waals surface area contributed by atoms with Gasteiger partial charge < -0.3 is 20.4 Å². The molecule has 0 radical (unpaired) electrons. The summed E-state index contributed by atoms with van der Waals surface area (Å²) in [6.45, 7) is 8.65. The normalized spacial score (nSPS) is 14.1. The number of carbonyl (C=O) groups excluding carboxylic acids is 4. The standard InChI is InChI=1S/C23H27BrN4O4S/c1-14-13-16(5-6-17(14)21(31)28-11-9-27(10-12-28)15(2)29)25-22(32)23(3,4)26-20(30)18-7-8-19(24)33-18/h5-8,13H,9-12H2,1-4H3,(H,25,32)(H,26,30). The third kappa shape index (κ3) is 6.00. The molecule has 1 aliphatic heterocycles. The van der Waals surface area contributed by atoms with Gasteiger partial charge in [-0.1, -0.05) is 0 Å². The van der Waals surface area contributed by atoms with Crippen molar-refractivity contribution in [2.45, 2.75) is 33.2 Å². The SMILES string of the molecule is CC(=O)N1CCN(C(=O)c2ccc(NC(=O)C(C)(C)NC(=O)c3ccc(Br)s3)cc2C)CC1. The summed E-state index contributed by atoms with van der Waals surface area (Å²) >= 11 is 4.62. The number of nitrogens with one attached hydrogen (secondary N) is 2. The summed E-state index contributed by atoms with van der Waals surface area (Å²) in [5, 5.41) is 5.57. The van der Waals surface area contributed by atoms with E-state index in [4.69, 9.17) is 0 Å². The van der Waals surface area contributed by atoms with Crippen LogP contribution in [0.15, 0.2) is 34.1 Å². The lowest BCUT2D eigenvalue weighted by molar-refractivity contribution is -0.130. The summed E-state index contributed by atoms with van der Waals surface area (Å²) in [4.78, 5) is 53.7. The molecule has 10 heteroatoms. The van der Waals surface area contributed by atoms with E-state index in [1.807, 2.05) is 6.92 Å². The first-order chi connectivity index (χ1) is 15.5. The Hall–Kier alpha value is -2.72. The summed E-state index contributed by atoms with van der Waals surface area (Å²) < 4.78 is 0.834. The molecule has 1 aromatic heterocycles. The Morgan fingerprint density at radius 3 is 2.18 bits per heavy atom. The molecule has 0 bridgehead atoms. The number of hydrogen-bond acceptors (Lipinski definition) is 5. The zero-order valence-electron chi connectivity index (χ0n) is 19.0. The van der Waals surface area contributed by atoms with Crippen LogP contribution in [-0.4, -0.2) is 65.1 Å². The van der Waals surface area contributed by atoms with Gasteiger partial charge in [0.15, 0.2) is 0 Å². The maximum absolute atomic E-state index is 12.9. The van der Waals surface area contributed by atoms with Crippen LogP contribution in [0.25, 0.3) is 0 Å². The summed E-state index contributed by atoms with van der Waals surface area (Å²) in [6, 6.07) is 8.58. The molecular weight excluding hydrogens is 508 g/mol. The first-order valence-electron chi connectivity index (χ1n) is 10.5. The largest absolute Gasteiger partial charge is 0.339 e. The summed E-state index contributed by atoms with van der Waals surface area (Å²) in [7, 11) is 0. The molecule has 0 unspecified atom stereocenters. The number of aryl methyl sites for hydroxylation is 1. The van der Waals surface area contributed by atoms with Gasteiger partial charge in [0.05, 0.1) is 8.66 Å². The van der Waals surface area contributed by atoms with Gasteiger partial charge in [0.1, 0.15) is 5.54 Å². The van der Waals surface area contributed by atoms with Crippen molar-refractivity contribution < 1.29 is 19.2 Å². The molecule has 2 aromatic rings. The molecule has 0 atom stereocenters. The second kappa shape index (κ2) is 10.0. The van der Waals surface area contributed by atoms with E-state index in [0.29, 0.717) is 42.3 Å². The average molecular weight is 535 g/mol. The van der Waals surface area contributed by atoms with Crippen LogP contribution in [0.4, 0.5) is 5.69 Å². The van der Waals surface area contributed by atoms with E-state index in [-0.39, 0.29) is 23.6 Å². The van der Waals surface area contributed by atoms with Crippen LogP contribution in [-0.2, 0) is 9.59 Å². The summed E-state index contributed by atoms with van der Waals surface area (Å²) in [6.07, 6.45) is 0. The first-order valence-corrected chi connectivity index (χ1v) is 12.1. The van der Waals surface area contributed by atoms with Crippen molar-refractivity contribution in [2.75, 3.05) is 31.5 Å². The Morgan fingerprint density at radius 2 is 1.64 bits per heavy atom. The van der Waals surface area contributed by atoms with E-state index in [1.54, 1.807) is 54.0 Å². The minimum Gasteiger partial charge on any atom is -0.339 e. The fourth-order valence-electron chi connectivity index (χ4n) is 3.50. The number of carbonyl (C=O) groups is 4. The van der Waals surface area contributed by atoms with Gasteiger partial charge in [0.25, 0.3) is 11.8 Å². The molecule has 3 rings (SSSR count). The van der Waals surface area contributed by atoms with Gasteiger partial charge in [0.2, 0.25) is 11.8 Å². The van der Waals surface area contributed by atoms with Crippen LogP contribution in [0.2, 0.25) is 0 Å². The number of rotatable bonds is 5. The molecule has 1 saturated heterocycles. The van der Waals surface area contributed by atoms with Crippen molar-refractivity contribution in [1.82, 2.24) is 15.1 Å². The highest BCUT2D eigenvalue weighted by atomic mass is 79.9. The number of hydrogen-bond donors (Lipinski definition) is 2. The van der Waals surface area contributed by atoms with Crippen LogP contribution < -0.4 is 10.6 Å². The Kier molecular flexibility index (Phi) is 7.58. The minimum atomic E-state index is -1.15. The maximum Gasteiger partial charge on any atom is 0.262 e. The molecule has 0 spiro atoms. The first kappa shape index (κ1) is 24.9. The number of thiophene rings is 1. The van der Waals surface area contributed by atoms with E-state index in [2.05, 4.69) is 26.6 Å². The van der Waals surface area contributed by atoms with Gasteiger partial charge in [-0.3, -0.25) is 19.2 Å². The number of nitrogens with zero attached hydrogens (tertiary/aromatic N) is 2. The van der Waals surface area contributed by atoms with Crippen LogP contribution in [0.5, 0.6) is 0 Å². The van der Waals surface area contributed by atoms with Gasteiger partial charge >= 0.3 is 0 Å². The van der Waals surface area contributed by atoms with Gasteiger partial charge in [-0.25, -0.2) is 0 Å². The molecule has 1 aliphatic rings. The zero-order chi connectivity index (χ0) is 24.3. The Balaban J connectivity index is 1.63. The predicted octanol–water partition coefficient (Wildman–Crippen LogP) is 3.27. The molecule has 4 amide bonds. The molecule has 8 nitrogen and oxygen atoms in total. The van der Waals surface area contributed by atoms with Crippen molar-refractivity contribution in [1.29, 1.82) is 0 Å². The highest BCUT2D eigenvalue weighted by Crippen LogP contribution is 2.23. The van der Waals surface area contributed by atoms with Crippen LogP contribution in [0.3, 0.4) is 0 Å². The molecule has 33 heavy (non-hydrogen) atoms. The lowest BCUT2D eigenvalue weighted by atomic mass is 10.0. The fraction of sp³-hybridized carbons (Fsp3) is 0.391. The van der Waals surface area contributed by atoms with Gasteiger partial charge in [-0.2, -0.15) is 0 Å². The molecule has 1 aromatic carbocycles. The highest BCUT2D eigenvalue weighted by molar-refractivity contribution is 9.11. The second-order valence-corrected chi connectivity index (χ2v) is 10.9. The van der Waals surface area contributed by atoms with Crippen molar-refractivity contribution in [2.24, 2.45) is 0 Å². The Morgan fingerprint density at radius 1 is 1.00 bits per heavy atom. The predicted molar refractivity (Wildman–Crippen MR) is 132 cm³/mol.